The van der Waals surface area contributed by atoms with Gasteiger partial charge in [0.05, 0.1) is 21.6 Å². The van der Waals surface area contributed by atoms with E-state index in [2.05, 4.69) is 20.9 Å². The Kier molecular flexibility index (Phi) is 3.67. The van der Waals surface area contributed by atoms with Gasteiger partial charge in [-0.25, -0.2) is 18.2 Å². The van der Waals surface area contributed by atoms with Crippen molar-refractivity contribution >= 4 is 38.6 Å². The summed E-state index contributed by atoms with van der Waals surface area (Å²) in [4.78, 5) is 4.08. The van der Waals surface area contributed by atoms with Crippen molar-refractivity contribution in [1.82, 2.24) is 9.55 Å². The number of hydrogen-bond acceptors (Lipinski definition) is 1. The first-order chi connectivity index (χ1) is 10.0. The van der Waals surface area contributed by atoms with Gasteiger partial charge >= 0.3 is 0 Å². The summed E-state index contributed by atoms with van der Waals surface area (Å²) in [5.74, 6) is -1.80. The monoisotopic (exact) mass is 374 g/mol. The number of rotatable bonds is 2. The van der Waals surface area contributed by atoms with Gasteiger partial charge in [0.2, 0.25) is 0 Å². The third-order valence-electron chi connectivity index (χ3n) is 3.06. The minimum atomic E-state index is -0.786. The number of hydrogen-bond donors (Lipinski definition) is 0. The van der Waals surface area contributed by atoms with Gasteiger partial charge in [-0.05, 0) is 34.1 Å². The third kappa shape index (κ3) is 2.32. The average Bonchev–Trinajstić information content (AvgIpc) is 2.83. The van der Waals surface area contributed by atoms with Gasteiger partial charge in [-0.15, -0.1) is 11.6 Å². The van der Waals surface area contributed by atoms with E-state index in [0.29, 0.717) is 5.52 Å². The molecule has 1 heterocycles. The number of alkyl halides is 1. The van der Waals surface area contributed by atoms with E-state index in [4.69, 9.17) is 11.6 Å². The molecule has 21 heavy (non-hydrogen) atoms. The number of nitrogens with zero attached hydrogens (tertiary/aromatic N) is 2. The van der Waals surface area contributed by atoms with Crippen molar-refractivity contribution in [3.63, 3.8) is 0 Å². The molecule has 0 amide bonds. The standard InChI is InChI=1S/C14H7BrClF3N2/c15-7-4-12(10(19)5-9(7)18)21-11-3-1-2-8(17)14(11)20-13(21)6-16/h1-5H,6H2. The van der Waals surface area contributed by atoms with Crippen LogP contribution in [0.1, 0.15) is 5.82 Å². The maximum Gasteiger partial charge on any atom is 0.151 e. The molecule has 0 unspecified atom stereocenters. The molecule has 0 atom stereocenters. The number of halogens is 5. The molecule has 3 aromatic rings. The van der Waals surface area contributed by atoms with Gasteiger partial charge in [-0.1, -0.05) is 6.07 Å². The summed E-state index contributed by atoms with van der Waals surface area (Å²) in [7, 11) is 0. The molecule has 0 aliphatic carbocycles. The third-order valence-corrected chi connectivity index (χ3v) is 3.90. The highest BCUT2D eigenvalue weighted by Gasteiger charge is 2.18. The van der Waals surface area contributed by atoms with Crippen molar-refractivity contribution in [2.45, 2.75) is 5.88 Å². The zero-order chi connectivity index (χ0) is 15.1. The van der Waals surface area contributed by atoms with E-state index in [1.807, 2.05) is 0 Å². The van der Waals surface area contributed by atoms with Crippen LogP contribution in [0.15, 0.2) is 34.8 Å². The molecule has 0 saturated heterocycles. The molecule has 7 heteroatoms. The van der Waals surface area contributed by atoms with Crippen molar-refractivity contribution in [1.29, 1.82) is 0 Å². The summed E-state index contributed by atoms with van der Waals surface area (Å²) in [5, 5.41) is 0. The smallest absolute Gasteiger partial charge is 0.151 e. The lowest BCUT2D eigenvalue weighted by atomic mass is 10.2. The Morgan fingerprint density at radius 2 is 1.86 bits per heavy atom. The quantitative estimate of drug-likeness (QED) is 0.458. The molecule has 2 aromatic carbocycles. The van der Waals surface area contributed by atoms with E-state index in [1.54, 1.807) is 6.07 Å². The van der Waals surface area contributed by atoms with Crippen LogP contribution in [0.2, 0.25) is 0 Å². The minimum Gasteiger partial charge on any atom is -0.292 e. The second-order valence-corrected chi connectivity index (χ2v) is 5.44. The Hall–Kier alpha value is -1.53. The second-order valence-electron chi connectivity index (χ2n) is 4.32. The topological polar surface area (TPSA) is 17.8 Å². The van der Waals surface area contributed by atoms with Crippen LogP contribution in [-0.4, -0.2) is 9.55 Å². The summed E-state index contributed by atoms with van der Waals surface area (Å²) in [6.45, 7) is 0. The zero-order valence-electron chi connectivity index (χ0n) is 10.4. The number of para-hydroxylation sites is 1. The lowest BCUT2D eigenvalue weighted by molar-refractivity contribution is 0.573. The van der Waals surface area contributed by atoms with E-state index >= 15 is 0 Å². The van der Waals surface area contributed by atoms with Crippen LogP contribution in [0.4, 0.5) is 13.2 Å². The highest BCUT2D eigenvalue weighted by atomic mass is 79.9. The van der Waals surface area contributed by atoms with Crippen LogP contribution in [0.25, 0.3) is 16.7 Å². The van der Waals surface area contributed by atoms with Gasteiger partial charge in [0.25, 0.3) is 0 Å². The molecule has 2 nitrogen and oxygen atoms in total. The Labute approximate surface area is 131 Å². The fraction of sp³-hybridized carbons (Fsp3) is 0.0714. The van der Waals surface area contributed by atoms with Crippen molar-refractivity contribution in [2.24, 2.45) is 0 Å². The fourth-order valence-electron chi connectivity index (χ4n) is 2.16. The minimum absolute atomic E-state index is 0.0391. The van der Waals surface area contributed by atoms with Gasteiger partial charge in [-0.3, -0.25) is 4.57 Å². The van der Waals surface area contributed by atoms with Gasteiger partial charge in [0.1, 0.15) is 23.0 Å². The van der Waals surface area contributed by atoms with E-state index in [9.17, 15) is 13.2 Å². The number of aromatic nitrogens is 2. The molecule has 0 bridgehead atoms. The first-order valence-electron chi connectivity index (χ1n) is 5.89. The Morgan fingerprint density at radius 3 is 2.57 bits per heavy atom. The molecule has 0 aliphatic rings. The molecule has 0 saturated carbocycles. The van der Waals surface area contributed by atoms with E-state index < -0.39 is 17.5 Å². The van der Waals surface area contributed by atoms with E-state index in [1.165, 1.54) is 22.8 Å². The van der Waals surface area contributed by atoms with Crippen molar-refractivity contribution in [3.05, 3.63) is 58.1 Å². The maximum absolute atomic E-state index is 14.1. The lowest BCUT2D eigenvalue weighted by Gasteiger charge is -2.10. The lowest BCUT2D eigenvalue weighted by Crippen LogP contribution is -2.03. The zero-order valence-corrected chi connectivity index (χ0v) is 12.7. The normalized spacial score (nSPS) is 11.3. The van der Waals surface area contributed by atoms with Crippen LogP contribution >= 0.6 is 27.5 Å². The molecular weight excluding hydrogens is 369 g/mol. The summed E-state index contributed by atoms with van der Waals surface area (Å²) in [5.41, 5.74) is 0.503. The molecular formula is C14H7BrClF3N2. The van der Waals surface area contributed by atoms with Gasteiger partial charge in [0, 0.05) is 6.07 Å². The fourth-order valence-corrected chi connectivity index (χ4v) is 2.67. The van der Waals surface area contributed by atoms with Crippen molar-refractivity contribution in [3.8, 4) is 5.69 Å². The molecule has 0 N–H and O–H groups in total. The van der Waals surface area contributed by atoms with Gasteiger partial charge < -0.3 is 0 Å². The van der Waals surface area contributed by atoms with Crippen molar-refractivity contribution in [2.75, 3.05) is 0 Å². The maximum atomic E-state index is 14.1. The first kappa shape index (κ1) is 14.4. The largest absolute Gasteiger partial charge is 0.292 e. The van der Waals surface area contributed by atoms with Crippen LogP contribution in [0.5, 0.6) is 0 Å². The Bertz CT molecular complexity index is 848. The highest BCUT2D eigenvalue weighted by Crippen LogP contribution is 2.29. The summed E-state index contributed by atoms with van der Waals surface area (Å²) < 4.78 is 42.7. The molecule has 0 radical (unpaired) electrons. The second kappa shape index (κ2) is 5.35. The molecule has 0 fully saturated rings. The average molecular weight is 376 g/mol. The van der Waals surface area contributed by atoms with Gasteiger partial charge in [0.15, 0.2) is 5.82 Å². The van der Waals surface area contributed by atoms with Crippen LogP contribution in [0, 0.1) is 17.5 Å². The molecule has 0 spiro atoms. The van der Waals surface area contributed by atoms with Crippen LogP contribution < -0.4 is 0 Å². The molecule has 0 aliphatic heterocycles. The number of fused-ring (bicyclic) bond motifs is 1. The first-order valence-corrected chi connectivity index (χ1v) is 7.22. The van der Waals surface area contributed by atoms with Gasteiger partial charge in [-0.2, -0.15) is 0 Å². The Balaban J connectivity index is 2.39. The highest BCUT2D eigenvalue weighted by molar-refractivity contribution is 9.10. The Morgan fingerprint density at radius 1 is 1.10 bits per heavy atom. The SMILES string of the molecule is Fc1cc(F)c(-n2c(CCl)nc3c(F)cccc32)cc1Br. The van der Waals surface area contributed by atoms with Crippen LogP contribution in [0.3, 0.4) is 0 Å². The predicted molar refractivity (Wildman–Crippen MR) is 78.2 cm³/mol. The molecule has 108 valence electrons. The van der Waals surface area contributed by atoms with Crippen molar-refractivity contribution < 1.29 is 13.2 Å². The number of imidazole rings is 1. The molecule has 3 rings (SSSR count). The van der Waals surface area contributed by atoms with Crippen LogP contribution in [-0.2, 0) is 5.88 Å². The summed E-state index contributed by atoms with van der Waals surface area (Å²) in [6, 6.07) is 6.37. The predicted octanol–water partition coefficient (Wildman–Crippen LogP) is 4.94. The summed E-state index contributed by atoms with van der Waals surface area (Å²) in [6.07, 6.45) is 0. The van der Waals surface area contributed by atoms with E-state index in [0.717, 1.165) is 6.07 Å². The molecule has 1 aromatic heterocycles. The van der Waals surface area contributed by atoms with E-state index in [-0.39, 0.29) is 27.4 Å². The number of benzene rings is 2. The summed E-state index contributed by atoms with van der Waals surface area (Å²) >= 11 is 8.82.